The van der Waals surface area contributed by atoms with Crippen LogP contribution < -0.4 is 10.6 Å². The second kappa shape index (κ2) is 6.46. The first kappa shape index (κ1) is 15.1. The average molecular weight is 282 g/mol. The van der Waals surface area contributed by atoms with Gasteiger partial charge >= 0.3 is 12.0 Å². The standard InChI is InChI=1S/C15H26N2O3/c1-11(12-5-6-12)9-16-14(20)17-10-15(13(18)19)7-3-2-4-8-15/h11-12H,2-10H2,1H3,(H,18,19)(H2,16,17,20). The maximum atomic E-state index is 11.8. The Balaban J connectivity index is 1.73. The Labute approximate surface area is 120 Å². The van der Waals surface area contributed by atoms with Crippen LogP contribution in [0.5, 0.6) is 0 Å². The zero-order chi connectivity index (χ0) is 14.6. The molecule has 1 atom stereocenters. The van der Waals surface area contributed by atoms with Crippen molar-refractivity contribution in [3.63, 3.8) is 0 Å². The lowest BCUT2D eigenvalue weighted by atomic mass is 9.74. The highest BCUT2D eigenvalue weighted by Crippen LogP contribution is 2.36. The molecule has 2 amide bonds. The lowest BCUT2D eigenvalue weighted by Crippen LogP contribution is -2.47. The van der Waals surface area contributed by atoms with E-state index in [4.69, 9.17) is 0 Å². The smallest absolute Gasteiger partial charge is 0.314 e. The molecule has 0 heterocycles. The largest absolute Gasteiger partial charge is 0.481 e. The van der Waals surface area contributed by atoms with Crippen molar-refractivity contribution in [2.24, 2.45) is 17.3 Å². The van der Waals surface area contributed by atoms with Gasteiger partial charge in [-0.3, -0.25) is 4.79 Å². The van der Waals surface area contributed by atoms with E-state index in [1.54, 1.807) is 0 Å². The van der Waals surface area contributed by atoms with Gasteiger partial charge in [0.05, 0.1) is 5.41 Å². The molecule has 2 aliphatic rings. The average Bonchev–Trinajstić information content (AvgIpc) is 3.28. The van der Waals surface area contributed by atoms with Gasteiger partial charge in [0.25, 0.3) is 0 Å². The minimum Gasteiger partial charge on any atom is -0.481 e. The van der Waals surface area contributed by atoms with Gasteiger partial charge in [-0.15, -0.1) is 0 Å². The molecule has 1 unspecified atom stereocenters. The van der Waals surface area contributed by atoms with Crippen LogP contribution in [-0.2, 0) is 4.79 Å². The number of carbonyl (C=O) groups is 2. The monoisotopic (exact) mass is 282 g/mol. The second-order valence-electron chi connectivity index (χ2n) is 6.52. The van der Waals surface area contributed by atoms with Crippen molar-refractivity contribution in [1.29, 1.82) is 0 Å². The number of amides is 2. The Kier molecular flexibility index (Phi) is 4.89. The quantitative estimate of drug-likeness (QED) is 0.700. The van der Waals surface area contributed by atoms with Gasteiger partial charge in [-0.1, -0.05) is 26.2 Å². The molecular formula is C15H26N2O3. The summed E-state index contributed by atoms with van der Waals surface area (Å²) < 4.78 is 0. The maximum Gasteiger partial charge on any atom is 0.314 e. The Morgan fingerprint density at radius 1 is 1.20 bits per heavy atom. The molecule has 114 valence electrons. The van der Waals surface area contributed by atoms with Crippen molar-refractivity contribution in [3.05, 3.63) is 0 Å². The molecule has 0 spiro atoms. The summed E-state index contributed by atoms with van der Waals surface area (Å²) >= 11 is 0. The fourth-order valence-corrected chi connectivity index (χ4v) is 3.09. The second-order valence-corrected chi connectivity index (χ2v) is 6.52. The van der Waals surface area contributed by atoms with Crippen LogP contribution in [0.15, 0.2) is 0 Å². The van der Waals surface area contributed by atoms with Gasteiger partial charge in [-0.25, -0.2) is 4.79 Å². The van der Waals surface area contributed by atoms with Gasteiger partial charge < -0.3 is 15.7 Å². The predicted octanol–water partition coefficient (Wildman–Crippen LogP) is 2.37. The van der Waals surface area contributed by atoms with E-state index < -0.39 is 11.4 Å². The Bertz CT molecular complexity index is 360. The summed E-state index contributed by atoms with van der Waals surface area (Å²) in [6, 6.07) is -0.233. The molecule has 0 aliphatic heterocycles. The molecule has 2 rings (SSSR count). The van der Waals surface area contributed by atoms with E-state index in [0.717, 1.165) is 25.2 Å². The third kappa shape index (κ3) is 3.87. The number of carboxylic acid groups (broad SMARTS) is 1. The minimum atomic E-state index is -0.774. The lowest BCUT2D eigenvalue weighted by Gasteiger charge is -2.33. The third-order valence-corrected chi connectivity index (χ3v) is 4.86. The number of carbonyl (C=O) groups excluding carboxylic acids is 1. The molecule has 5 heteroatoms. The van der Waals surface area contributed by atoms with E-state index in [0.29, 0.717) is 25.3 Å². The molecule has 5 nitrogen and oxygen atoms in total. The molecular weight excluding hydrogens is 256 g/mol. The van der Waals surface area contributed by atoms with E-state index in [-0.39, 0.29) is 12.6 Å². The summed E-state index contributed by atoms with van der Waals surface area (Å²) in [6.07, 6.45) is 6.85. The maximum absolute atomic E-state index is 11.8. The third-order valence-electron chi connectivity index (χ3n) is 4.86. The Hall–Kier alpha value is -1.26. The Morgan fingerprint density at radius 3 is 2.40 bits per heavy atom. The van der Waals surface area contributed by atoms with Crippen LogP contribution in [0.4, 0.5) is 4.79 Å². The van der Waals surface area contributed by atoms with E-state index in [9.17, 15) is 14.7 Å². The number of hydrogen-bond donors (Lipinski definition) is 3. The number of nitrogens with one attached hydrogen (secondary N) is 2. The molecule has 0 saturated heterocycles. The number of aliphatic carboxylic acids is 1. The highest BCUT2D eigenvalue weighted by atomic mass is 16.4. The van der Waals surface area contributed by atoms with E-state index in [2.05, 4.69) is 17.6 Å². The topological polar surface area (TPSA) is 78.4 Å². The van der Waals surface area contributed by atoms with Gasteiger partial charge in [0.15, 0.2) is 0 Å². The molecule has 2 saturated carbocycles. The van der Waals surface area contributed by atoms with Crippen molar-refractivity contribution in [3.8, 4) is 0 Å². The van der Waals surface area contributed by atoms with Gasteiger partial charge in [-0.05, 0) is 37.5 Å². The number of urea groups is 1. The molecule has 20 heavy (non-hydrogen) atoms. The Morgan fingerprint density at radius 2 is 1.85 bits per heavy atom. The first-order chi connectivity index (χ1) is 9.53. The van der Waals surface area contributed by atoms with Crippen molar-refractivity contribution in [1.82, 2.24) is 10.6 Å². The molecule has 2 fully saturated rings. The number of hydrogen-bond acceptors (Lipinski definition) is 2. The van der Waals surface area contributed by atoms with Crippen LogP contribution in [-0.4, -0.2) is 30.2 Å². The first-order valence-electron chi connectivity index (χ1n) is 7.79. The predicted molar refractivity (Wildman–Crippen MR) is 76.4 cm³/mol. The number of rotatable bonds is 6. The van der Waals surface area contributed by atoms with Gasteiger partial charge in [-0.2, -0.15) is 0 Å². The lowest BCUT2D eigenvalue weighted by molar-refractivity contribution is -0.150. The van der Waals surface area contributed by atoms with Crippen LogP contribution >= 0.6 is 0 Å². The molecule has 2 aliphatic carbocycles. The van der Waals surface area contributed by atoms with Crippen LogP contribution in [0.2, 0.25) is 0 Å². The SMILES string of the molecule is CC(CNC(=O)NCC1(C(=O)O)CCCCC1)C1CC1. The van der Waals surface area contributed by atoms with Crippen LogP contribution in [0.3, 0.4) is 0 Å². The fraction of sp³-hybridized carbons (Fsp3) is 0.867. The molecule has 0 aromatic carbocycles. The van der Waals surface area contributed by atoms with E-state index in [1.807, 2.05) is 0 Å². The van der Waals surface area contributed by atoms with Crippen LogP contribution in [0.25, 0.3) is 0 Å². The fourth-order valence-electron chi connectivity index (χ4n) is 3.09. The van der Waals surface area contributed by atoms with Gasteiger partial charge in [0, 0.05) is 13.1 Å². The van der Waals surface area contributed by atoms with Crippen molar-refractivity contribution in [2.45, 2.75) is 51.9 Å². The van der Waals surface area contributed by atoms with Crippen molar-refractivity contribution in [2.75, 3.05) is 13.1 Å². The van der Waals surface area contributed by atoms with Crippen LogP contribution in [0, 0.1) is 17.3 Å². The summed E-state index contributed by atoms with van der Waals surface area (Å²) in [5, 5.41) is 15.0. The minimum absolute atomic E-state index is 0.233. The molecule has 0 bridgehead atoms. The summed E-state index contributed by atoms with van der Waals surface area (Å²) in [5.41, 5.74) is -0.752. The summed E-state index contributed by atoms with van der Waals surface area (Å²) in [5.74, 6) is 0.506. The number of carboxylic acids is 1. The zero-order valence-electron chi connectivity index (χ0n) is 12.3. The normalized spacial score (nSPS) is 22.9. The van der Waals surface area contributed by atoms with Crippen LogP contribution in [0.1, 0.15) is 51.9 Å². The highest BCUT2D eigenvalue weighted by molar-refractivity contribution is 5.78. The first-order valence-corrected chi connectivity index (χ1v) is 7.79. The van der Waals surface area contributed by atoms with Gasteiger partial charge in [0.1, 0.15) is 0 Å². The van der Waals surface area contributed by atoms with Crippen molar-refractivity contribution >= 4 is 12.0 Å². The molecule has 3 N–H and O–H groups in total. The summed E-state index contributed by atoms with van der Waals surface area (Å²) in [6.45, 7) is 3.07. The highest BCUT2D eigenvalue weighted by Gasteiger charge is 2.39. The summed E-state index contributed by atoms with van der Waals surface area (Å²) in [7, 11) is 0. The molecule has 0 aromatic heterocycles. The van der Waals surface area contributed by atoms with Gasteiger partial charge in [0.2, 0.25) is 0 Å². The van der Waals surface area contributed by atoms with E-state index in [1.165, 1.54) is 12.8 Å². The van der Waals surface area contributed by atoms with E-state index >= 15 is 0 Å². The zero-order valence-corrected chi connectivity index (χ0v) is 12.3. The summed E-state index contributed by atoms with van der Waals surface area (Å²) in [4.78, 5) is 23.3. The molecule has 0 aromatic rings. The molecule has 0 radical (unpaired) electrons. The van der Waals surface area contributed by atoms with Crippen molar-refractivity contribution < 1.29 is 14.7 Å².